The first-order chi connectivity index (χ1) is 23.7. The number of likely N-dealkylation sites (N-methyl/N-ethyl adjacent to an activating group) is 1. The molecule has 2 aromatic carbocycles. The van der Waals surface area contributed by atoms with Gasteiger partial charge in [0.05, 0.1) is 25.4 Å². The Bertz CT molecular complexity index is 1510. The lowest BCUT2D eigenvalue weighted by atomic mass is 9.45. The molecule has 1 heterocycles. The van der Waals surface area contributed by atoms with Gasteiger partial charge in [0.25, 0.3) is 5.91 Å². The summed E-state index contributed by atoms with van der Waals surface area (Å²) >= 11 is 0. The van der Waals surface area contributed by atoms with Crippen LogP contribution in [0.1, 0.15) is 63.4 Å². The van der Waals surface area contributed by atoms with Gasteiger partial charge in [-0.3, -0.25) is 14.4 Å². The molecular formula is C39H60N6O5. The third kappa shape index (κ3) is 7.67. The molecule has 4 aliphatic rings. The number of aliphatic hydroxyl groups excluding tert-OH is 1. The van der Waals surface area contributed by atoms with Crippen LogP contribution >= 0.6 is 0 Å². The highest BCUT2D eigenvalue weighted by Gasteiger charge is 2.57. The Morgan fingerprint density at radius 2 is 1.90 bits per heavy atom. The van der Waals surface area contributed by atoms with E-state index < -0.39 is 24.2 Å². The molecule has 5 N–H and O–H groups in total. The van der Waals surface area contributed by atoms with Crippen LogP contribution in [0.4, 0.5) is 5.69 Å². The van der Waals surface area contributed by atoms with Crippen molar-refractivity contribution in [2.24, 2.45) is 34.8 Å². The molecular weight excluding hydrogens is 632 g/mol. The molecule has 8 atom stereocenters. The van der Waals surface area contributed by atoms with E-state index in [9.17, 15) is 14.7 Å². The van der Waals surface area contributed by atoms with E-state index in [-0.39, 0.29) is 30.9 Å². The Hall–Kier alpha value is -3.22. The molecule has 1 aliphatic heterocycles. The van der Waals surface area contributed by atoms with E-state index in [2.05, 4.69) is 31.4 Å². The van der Waals surface area contributed by atoms with Crippen LogP contribution in [0, 0.1) is 29.1 Å². The largest absolute Gasteiger partial charge is 0.493 e. The van der Waals surface area contributed by atoms with Crippen molar-refractivity contribution in [3.8, 4) is 16.9 Å². The van der Waals surface area contributed by atoms with Crippen molar-refractivity contribution in [3.05, 3.63) is 47.5 Å². The van der Waals surface area contributed by atoms with Gasteiger partial charge in [-0.15, -0.1) is 0 Å². The van der Waals surface area contributed by atoms with Gasteiger partial charge in [0, 0.05) is 68.1 Å². The van der Waals surface area contributed by atoms with Crippen molar-refractivity contribution in [1.29, 1.82) is 0 Å². The molecule has 11 heteroatoms. The molecule has 50 heavy (non-hydrogen) atoms. The highest BCUT2D eigenvalue weighted by molar-refractivity contribution is 5.97. The maximum Gasteiger partial charge on any atom is 0.251 e. The normalized spacial score (nSPS) is 27.8. The number of benzene rings is 2. The van der Waals surface area contributed by atoms with Crippen LogP contribution in [0.15, 0.2) is 36.4 Å². The summed E-state index contributed by atoms with van der Waals surface area (Å²) in [5, 5.41) is 19.1. The average molecular weight is 693 g/mol. The summed E-state index contributed by atoms with van der Waals surface area (Å²) in [6, 6.07) is 11.1. The molecule has 2 bridgehead atoms. The smallest absolute Gasteiger partial charge is 0.251 e. The molecule has 0 aromatic heterocycles. The number of aliphatic hydroxyl groups is 1. The fourth-order valence-corrected chi connectivity index (χ4v) is 8.60. The van der Waals surface area contributed by atoms with E-state index in [1.165, 1.54) is 6.42 Å². The van der Waals surface area contributed by atoms with Crippen LogP contribution in [-0.4, -0.2) is 106 Å². The van der Waals surface area contributed by atoms with Crippen molar-refractivity contribution in [2.45, 2.75) is 78.3 Å². The highest BCUT2D eigenvalue weighted by Crippen LogP contribution is 2.61. The number of anilines is 1. The molecule has 0 spiro atoms. The number of carbonyl (C=O) groups is 2. The summed E-state index contributed by atoms with van der Waals surface area (Å²) in [4.78, 5) is 38.0. The molecule has 11 nitrogen and oxygen atoms in total. The van der Waals surface area contributed by atoms with Crippen molar-refractivity contribution < 1.29 is 24.3 Å². The Morgan fingerprint density at radius 3 is 2.50 bits per heavy atom. The maximum absolute atomic E-state index is 14.3. The number of nitrogens with two attached hydrogens (primary N) is 1. The zero-order chi connectivity index (χ0) is 36.5. The quantitative estimate of drug-likeness (QED) is 0.234. The number of fused-ring (bicyclic) bond motifs is 2. The standard InChI is InChI=1S/C39H60N6O5/c1-10-49-36-25(12-11-13-30(36)26-16-27(18-29(17-26)44(8)9)37(47)41-14-15-43(6)7)22-45-35(34(24(3)46)33(21-40)50-45)38(48)42-32-20-28-19-31(23(32)2)39(28,4)5/h11-13,16-18,23-24,28,31-35,46H,10,14-15,19-22,40H2,1-9H3,(H,41,47)(H,42,48)/t23-,24-,28+,31-,32+,33-,34+,35-/m0/s1. The zero-order valence-corrected chi connectivity index (χ0v) is 31.5. The second-order valence-electron chi connectivity index (χ2n) is 15.7. The van der Waals surface area contributed by atoms with Gasteiger partial charge in [-0.1, -0.05) is 39.0 Å². The summed E-state index contributed by atoms with van der Waals surface area (Å²) in [5.74, 6) is 1.41. The third-order valence-electron chi connectivity index (χ3n) is 11.7. The number of hydrogen-bond donors (Lipinski definition) is 4. The van der Waals surface area contributed by atoms with E-state index in [1.807, 2.05) is 81.3 Å². The van der Waals surface area contributed by atoms with E-state index in [0.29, 0.717) is 47.6 Å². The number of carbonyl (C=O) groups excluding carboxylic acids is 2. The minimum absolute atomic E-state index is 0.0771. The monoisotopic (exact) mass is 692 g/mol. The lowest BCUT2D eigenvalue weighted by Crippen LogP contribution is -2.62. The number of rotatable bonds is 14. The van der Waals surface area contributed by atoms with E-state index >= 15 is 0 Å². The topological polar surface area (TPSA) is 133 Å². The first kappa shape index (κ1) is 38.0. The van der Waals surface area contributed by atoms with Gasteiger partial charge in [0.2, 0.25) is 5.91 Å². The van der Waals surface area contributed by atoms with E-state index in [4.69, 9.17) is 15.3 Å². The summed E-state index contributed by atoms with van der Waals surface area (Å²) in [6.07, 6.45) is 0.851. The van der Waals surface area contributed by atoms with Gasteiger partial charge >= 0.3 is 0 Å². The van der Waals surface area contributed by atoms with Crippen LogP contribution in [0.25, 0.3) is 11.1 Å². The predicted molar refractivity (Wildman–Crippen MR) is 198 cm³/mol. The van der Waals surface area contributed by atoms with Crippen LogP contribution in [0.3, 0.4) is 0 Å². The Morgan fingerprint density at radius 1 is 1.16 bits per heavy atom. The SMILES string of the molecule is CCOc1c(CN2O[C@@H](CN)[C@@H]([C@H](C)O)[C@H]2C(=O)N[C@@H]2C[C@H]3C[C@@H]([C@@H]2C)C3(C)C)cccc1-c1cc(C(=O)NCCN(C)C)cc(N(C)C)c1. The summed E-state index contributed by atoms with van der Waals surface area (Å²) in [7, 11) is 7.85. The molecule has 0 unspecified atom stereocenters. The van der Waals surface area contributed by atoms with Crippen molar-refractivity contribution >= 4 is 17.5 Å². The Labute approximate surface area is 298 Å². The zero-order valence-electron chi connectivity index (χ0n) is 31.5. The first-order valence-electron chi connectivity index (χ1n) is 18.3. The van der Waals surface area contributed by atoms with Gasteiger partial charge < -0.3 is 36.0 Å². The van der Waals surface area contributed by atoms with Crippen molar-refractivity contribution in [2.75, 3.05) is 59.3 Å². The number of nitrogens with zero attached hydrogens (tertiary/aromatic N) is 3. The number of nitrogens with one attached hydrogen (secondary N) is 2. The lowest BCUT2D eigenvalue weighted by Gasteiger charge is -2.62. The summed E-state index contributed by atoms with van der Waals surface area (Å²) in [6.45, 7) is 12.7. The molecule has 6 rings (SSSR count). The molecule has 2 amide bonds. The highest BCUT2D eigenvalue weighted by atomic mass is 16.7. The van der Waals surface area contributed by atoms with Crippen LogP contribution in [0.2, 0.25) is 0 Å². The molecule has 1 saturated heterocycles. The van der Waals surface area contributed by atoms with Crippen LogP contribution in [-0.2, 0) is 16.2 Å². The van der Waals surface area contributed by atoms with Gasteiger partial charge in [0.1, 0.15) is 11.8 Å². The molecule has 276 valence electrons. The molecule has 0 radical (unpaired) electrons. The Kier molecular flexibility index (Phi) is 11.8. The predicted octanol–water partition coefficient (Wildman–Crippen LogP) is 3.74. The van der Waals surface area contributed by atoms with Gasteiger partial charge in [-0.25, -0.2) is 0 Å². The maximum atomic E-state index is 14.3. The number of para-hydroxylation sites is 1. The second kappa shape index (κ2) is 15.6. The molecule has 4 fully saturated rings. The van der Waals surface area contributed by atoms with Gasteiger partial charge in [-0.2, -0.15) is 5.06 Å². The Balaban J connectivity index is 1.46. The lowest BCUT2D eigenvalue weighted by molar-refractivity contribution is -0.176. The number of ether oxygens (including phenoxy) is 1. The first-order valence-corrected chi connectivity index (χ1v) is 18.3. The van der Waals surface area contributed by atoms with E-state index in [1.54, 1.807) is 12.0 Å². The minimum Gasteiger partial charge on any atom is -0.493 e. The fraction of sp³-hybridized carbons (Fsp3) is 0.641. The number of amides is 2. The average Bonchev–Trinajstić information content (AvgIpc) is 3.44. The fourth-order valence-electron chi connectivity index (χ4n) is 8.60. The number of hydroxylamine groups is 2. The molecule has 3 saturated carbocycles. The summed E-state index contributed by atoms with van der Waals surface area (Å²) in [5.41, 5.74) is 10.4. The van der Waals surface area contributed by atoms with Crippen LogP contribution < -0.4 is 26.0 Å². The summed E-state index contributed by atoms with van der Waals surface area (Å²) < 4.78 is 6.34. The van der Waals surface area contributed by atoms with Crippen molar-refractivity contribution in [1.82, 2.24) is 20.6 Å². The minimum atomic E-state index is -0.811. The molecule has 2 aromatic rings. The van der Waals surface area contributed by atoms with Crippen molar-refractivity contribution in [3.63, 3.8) is 0 Å². The van der Waals surface area contributed by atoms with Gasteiger partial charge in [0.15, 0.2) is 0 Å². The molecule has 3 aliphatic carbocycles. The second-order valence-corrected chi connectivity index (χ2v) is 15.7. The van der Waals surface area contributed by atoms with E-state index in [0.717, 1.165) is 35.3 Å². The number of hydrogen-bond acceptors (Lipinski definition) is 9. The van der Waals surface area contributed by atoms with Crippen LogP contribution in [0.5, 0.6) is 5.75 Å². The van der Waals surface area contributed by atoms with Gasteiger partial charge in [-0.05, 0) is 87.7 Å². The third-order valence-corrected chi connectivity index (χ3v) is 11.7.